The van der Waals surface area contributed by atoms with E-state index >= 15 is 0 Å². The first-order chi connectivity index (χ1) is 16.0. The first-order valence-corrected chi connectivity index (χ1v) is 11.7. The van der Waals surface area contributed by atoms with Crippen LogP contribution in [0, 0.1) is 5.82 Å². The number of fused-ring (bicyclic) bond motifs is 1. The van der Waals surface area contributed by atoms with Gasteiger partial charge in [0.05, 0.1) is 27.4 Å². The molecular weight excluding hydrogens is 457 g/mol. The van der Waals surface area contributed by atoms with Crippen LogP contribution in [0.25, 0.3) is 20.8 Å². The molecule has 33 heavy (non-hydrogen) atoms. The number of thiocarbonyl (C=S) groups is 1. The molecule has 0 aliphatic carbocycles. The van der Waals surface area contributed by atoms with Crippen LogP contribution in [0.5, 0.6) is 11.5 Å². The minimum atomic E-state index is -0.415. The number of hydrogen-bond donors (Lipinski definition) is 1. The molecule has 0 saturated heterocycles. The molecular formula is C25H24FN3O2S2. The Morgan fingerprint density at radius 3 is 2.67 bits per heavy atom. The van der Waals surface area contributed by atoms with Gasteiger partial charge in [-0.15, -0.1) is 11.3 Å². The van der Waals surface area contributed by atoms with Gasteiger partial charge in [0.1, 0.15) is 5.75 Å². The maximum Gasteiger partial charge on any atom is 0.166 e. The van der Waals surface area contributed by atoms with Crippen molar-refractivity contribution in [2.45, 2.75) is 19.9 Å². The largest absolute Gasteiger partial charge is 0.453 e. The predicted molar refractivity (Wildman–Crippen MR) is 135 cm³/mol. The quantitative estimate of drug-likeness (QED) is 0.223. The number of methoxy groups -OCH3 is 1. The molecule has 8 heteroatoms. The van der Waals surface area contributed by atoms with Gasteiger partial charge in [-0.25, -0.2) is 4.39 Å². The van der Waals surface area contributed by atoms with Crippen molar-refractivity contribution in [3.05, 3.63) is 71.8 Å². The summed E-state index contributed by atoms with van der Waals surface area (Å²) in [6.07, 6.45) is 4.09. The predicted octanol–water partition coefficient (Wildman–Crippen LogP) is 5.96. The number of nitrogens with one attached hydrogen (secondary N) is 1. The minimum Gasteiger partial charge on any atom is -0.453 e. The molecule has 4 rings (SSSR count). The molecule has 0 radical (unpaired) electrons. The smallest absolute Gasteiger partial charge is 0.166 e. The van der Waals surface area contributed by atoms with Gasteiger partial charge in [-0.2, -0.15) is 0 Å². The lowest BCUT2D eigenvalue weighted by atomic mass is 10.1. The van der Waals surface area contributed by atoms with Crippen LogP contribution in [-0.4, -0.2) is 35.1 Å². The van der Waals surface area contributed by atoms with E-state index in [2.05, 4.69) is 21.4 Å². The van der Waals surface area contributed by atoms with Gasteiger partial charge in [-0.3, -0.25) is 9.97 Å². The van der Waals surface area contributed by atoms with E-state index in [1.807, 2.05) is 31.3 Å². The highest BCUT2D eigenvalue weighted by atomic mass is 32.1. The molecule has 0 unspecified atom stereocenters. The molecule has 3 aromatic heterocycles. The van der Waals surface area contributed by atoms with Crippen LogP contribution in [0.1, 0.15) is 18.1 Å². The van der Waals surface area contributed by atoms with Crippen molar-refractivity contribution < 1.29 is 13.9 Å². The second-order valence-electron chi connectivity index (χ2n) is 7.60. The van der Waals surface area contributed by atoms with Crippen molar-refractivity contribution >= 4 is 38.6 Å². The third-order valence-electron chi connectivity index (χ3n) is 4.93. The van der Waals surface area contributed by atoms with Crippen molar-refractivity contribution in [3.63, 3.8) is 0 Å². The van der Waals surface area contributed by atoms with Crippen LogP contribution in [-0.2, 0) is 17.7 Å². The molecule has 0 spiro atoms. The SMILES string of the molecule is COCCNCc1ccc(-c2cc3nccc(Oc4ccc(CC(C)=S)cc4F)c3s2)nc1. The van der Waals surface area contributed by atoms with E-state index in [1.54, 1.807) is 25.4 Å². The standard InChI is InChI=1S/C25H24FN3O2S2/c1-16(32)11-17-4-6-22(19(26)12-17)31-23-7-8-28-21-13-24(33-25(21)23)20-5-3-18(15-29-20)14-27-9-10-30-2/h3-8,12-13,15,27H,9-11,14H2,1-2H3. The van der Waals surface area contributed by atoms with E-state index in [-0.39, 0.29) is 5.75 Å². The van der Waals surface area contributed by atoms with Crippen LogP contribution in [0.15, 0.2) is 54.9 Å². The Bertz CT molecular complexity index is 1260. The lowest BCUT2D eigenvalue weighted by molar-refractivity contribution is 0.199. The molecule has 4 aromatic rings. The summed E-state index contributed by atoms with van der Waals surface area (Å²) in [6.45, 7) is 4.04. The zero-order valence-electron chi connectivity index (χ0n) is 18.4. The fourth-order valence-electron chi connectivity index (χ4n) is 3.35. The molecule has 0 amide bonds. The van der Waals surface area contributed by atoms with Crippen molar-refractivity contribution in [1.82, 2.24) is 15.3 Å². The Hall–Kier alpha value is -2.78. The van der Waals surface area contributed by atoms with Crippen LogP contribution < -0.4 is 10.1 Å². The number of thiophene rings is 1. The van der Waals surface area contributed by atoms with Crippen molar-refractivity contribution in [1.29, 1.82) is 0 Å². The summed E-state index contributed by atoms with van der Waals surface area (Å²) in [5, 5.41) is 3.31. The highest BCUT2D eigenvalue weighted by molar-refractivity contribution is 7.80. The van der Waals surface area contributed by atoms with Crippen molar-refractivity contribution in [3.8, 4) is 22.1 Å². The van der Waals surface area contributed by atoms with Crippen molar-refractivity contribution in [2.24, 2.45) is 0 Å². The van der Waals surface area contributed by atoms with Crippen LogP contribution in [0.3, 0.4) is 0 Å². The number of aromatic nitrogens is 2. The minimum absolute atomic E-state index is 0.173. The highest BCUT2D eigenvalue weighted by Crippen LogP contribution is 2.39. The van der Waals surface area contributed by atoms with Gasteiger partial charge in [0.15, 0.2) is 11.6 Å². The Labute approximate surface area is 201 Å². The average molecular weight is 482 g/mol. The van der Waals surface area contributed by atoms with Crippen molar-refractivity contribution in [2.75, 3.05) is 20.3 Å². The Morgan fingerprint density at radius 2 is 1.94 bits per heavy atom. The number of hydrogen-bond acceptors (Lipinski definition) is 7. The van der Waals surface area contributed by atoms with E-state index in [4.69, 9.17) is 21.7 Å². The van der Waals surface area contributed by atoms with Gasteiger partial charge in [0.2, 0.25) is 0 Å². The molecule has 3 heterocycles. The molecule has 1 N–H and O–H groups in total. The second kappa shape index (κ2) is 10.9. The fraction of sp³-hybridized carbons (Fsp3) is 0.240. The molecule has 0 fully saturated rings. The van der Waals surface area contributed by atoms with Gasteiger partial charge in [0, 0.05) is 45.1 Å². The van der Waals surface area contributed by atoms with Gasteiger partial charge >= 0.3 is 0 Å². The molecule has 1 aromatic carbocycles. The van der Waals surface area contributed by atoms with Gasteiger partial charge in [-0.05, 0) is 47.2 Å². The molecule has 0 atom stereocenters. The van der Waals surface area contributed by atoms with Gasteiger partial charge in [-0.1, -0.05) is 24.4 Å². The summed E-state index contributed by atoms with van der Waals surface area (Å²) >= 11 is 6.64. The summed E-state index contributed by atoms with van der Waals surface area (Å²) in [6, 6.07) is 12.7. The molecule has 0 saturated carbocycles. The third-order valence-corrected chi connectivity index (χ3v) is 6.24. The number of benzene rings is 1. The van der Waals surface area contributed by atoms with E-state index in [0.29, 0.717) is 18.8 Å². The number of nitrogens with zero attached hydrogens (tertiary/aromatic N) is 2. The van der Waals surface area contributed by atoms with E-state index < -0.39 is 5.82 Å². The zero-order valence-corrected chi connectivity index (χ0v) is 20.1. The van der Waals surface area contributed by atoms with Gasteiger partial charge < -0.3 is 14.8 Å². The Balaban J connectivity index is 1.53. The van der Waals surface area contributed by atoms with Crippen LogP contribution >= 0.6 is 23.6 Å². The number of rotatable bonds is 10. The Morgan fingerprint density at radius 1 is 1.09 bits per heavy atom. The lowest BCUT2D eigenvalue weighted by Gasteiger charge is -2.09. The summed E-state index contributed by atoms with van der Waals surface area (Å²) in [5.41, 5.74) is 3.57. The maximum atomic E-state index is 14.6. The second-order valence-corrected chi connectivity index (χ2v) is 9.35. The molecule has 5 nitrogen and oxygen atoms in total. The third kappa shape index (κ3) is 5.97. The highest BCUT2D eigenvalue weighted by Gasteiger charge is 2.14. The molecule has 0 bridgehead atoms. The number of ether oxygens (including phenoxy) is 2. The number of halogens is 1. The lowest BCUT2D eigenvalue weighted by Crippen LogP contribution is -2.18. The topological polar surface area (TPSA) is 56.3 Å². The summed E-state index contributed by atoms with van der Waals surface area (Å²) in [4.78, 5) is 10.8. The summed E-state index contributed by atoms with van der Waals surface area (Å²) in [7, 11) is 1.68. The van der Waals surface area contributed by atoms with Crippen LogP contribution in [0.4, 0.5) is 4.39 Å². The summed E-state index contributed by atoms with van der Waals surface area (Å²) in [5.74, 6) is 0.321. The Kier molecular flexibility index (Phi) is 7.72. The van der Waals surface area contributed by atoms with E-state index in [9.17, 15) is 4.39 Å². The fourth-order valence-corrected chi connectivity index (χ4v) is 4.56. The summed E-state index contributed by atoms with van der Waals surface area (Å²) < 4.78 is 26.4. The first kappa shape index (κ1) is 23.4. The average Bonchev–Trinajstić information content (AvgIpc) is 3.24. The van der Waals surface area contributed by atoms with Crippen LogP contribution in [0.2, 0.25) is 0 Å². The zero-order chi connectivity index (χ0) is 23.2. The van der Waals surface area contributed by atoms with E-state index in [1.165, 1.54) is 17.4 Å². The normalized spacial score (nSPS) is 11.1. The molecule has 0 aliphatic heterocycles. The molecule has 170 valence electrons. The monoisotopic (exact) mass is 481 g/mol. The first-order valence-electron chi connectivity index (χ1n) is 10.5. The number of pyridine rings is 2. The maximum absolute atomic E-state index is 14.6. The molecule has 0 aliphatic rings. The van der Waals surface area contributed by atoms with Gasteiger partial charge in [0.25, 0.3) is 0 Å². The van der Waals surface area contributed by atoms with E-state index in [0.717, 1.165) is 49.9 Å².